The maximum absolute atomic E-state index is 12.8. The van der Waals surface area contributed by atoms with Gasteiger partial charge in [0, 0.05) is 30.0 Å². The second-order valence-electron chi connectivity index (χ2n) is 5.76. The van der Waals surface area contributed by atoms with Gasteiger partial charge in [-0.2, -0.15) is 4.31 Å². The lowest BCUT2D eigenvalue weighted by molar-refractivity contribution is 0.102. The van der Waals surface area contributed by atoms with Gasteiger partial charge in [0.05, 0.1) is 5.02 Å². The smallest absolute Gasteiger partial charge is 0.316 e. The summed E-state index contributed by atoms with van der Waals surface area (Å²) in [7, 11) is -3.82. The fourth-order valence-electron chi connectivity index (χ4n) is 2.57. The van der Waals surface area contributed by atoms with Crippen molar-refractivity contribution in [2.24, 2.45) is 5.73 Å². The summed E-state index contributed by atoms with van der Waals surface area (Å²) in [5.41, 5.74) is 6.01. The molecule has 0 saturated carbocycles. The lowest BCUT2D eigenvalue weighted by Crippen LogP contribution is -2.31. The Balaban J connectivity index is 2.32. The molecule has 0 saturated heterocycles. The molecule has 0 fully saturated rings. The molecule has 150 valence electrons. The number of urea groups is 1. The first kappa shape index (κ1) is 21.7. The molecule has 4 N–H and O–H groups in total. The van der Waals surface area contributed by atoms with Crippen LogP contribution in [0.4, 0.5) is 16.2 Å². The zero-order valence-electron chi connectivity index (χ0n) is 15.4. The van der Waals surface area contributed by atoms with Crippen molar-refractivity contribution in [2.45, 2.75) is 18.7 Å². The summed E-state index contributed by atoms with van der Waals surface area (Å²) in [5.74, 6) is -0.524. The molecule has 0 radical (unpaired) electrons. The van der Waals surface area contributed by atoms with E-state index in [1.807, 2.05) is 0 Å². The van der Waals surface area contributed by atoms with E-state index in [1.54, 1.807) is 32.0 Å². The molecule has 2 aromatic carbocycles. The average Bonchev–Trinajstić information content (AvgIpc) is 2.62. The normalized spacial score (nSPS) is 11.3. The molecule has 0 bridgehead atoms. The number of amides is 3. The summed E-state index contributed by atoms with van der Waals surface area (Å²) < 4.78 is 26.8. The highest BCUT2D eigenvalue weighted by Gasteiger charge is 2.25. The van der Waals surface area contributed by atoms with Crippen LogP contribution in [0, 0.1) is 0 Å². The molecule has 0 aliphatic rings. The first-order valence-electron chi connectivity index (χ1n) is 8.46. The Labute approximate surface area is 168 Å². The van der Waals surface area contributed by atoms with Crippen LogP contribution in [0.5, 0.6) is 0 Å². The van der Waals surface area contributed by atoms with Crippen LogP contribution in [0.15, 0.2) is 47.4 Å². The lowest BCUT2D eigenvalue weighted by atomic mass is 10.2. The van der Waals surface area contributed by atoms with Crippen LogP contribution in [0.3, 0.4) is 0 Å². The number of hydrogen-bond acceptors (Lipinski definition) is 4. The third-order valence-corrected chi connectivity index (χ3v) is 6.44. The van der Waals surface area contributed by atoms with Gasteiger partial charge < -0.3 is 16.4 Å². The maximum atomic E-state index is 12.8. The van der Waals surface area contributed by atoms with Crippen molar-refractivity contribution in [1.82, 2.24) is 4.31 Å². The molecule has 2 rings (SSSR count). The van der Waals surface area contributed by atoms with E-state index in [9.17, 15) is 18.0 Å². The van der Waals surface area contributed by atoms with Crippen LogP contribution in [0.1, 0.15) is 24.2 Å². The summed E-state index contributed by atoms with van der Waals surface area (Å²) in [6.07, 6.45) is 0. The van der Waals surface area contributed by atoms with Gasteiger partial charge in [-0.3, -0.25) is 4.79 Å². The van der Waals surface area contributed by atoms with Gasteiger partial charge in [-0.05, 0) is 36.4 Å². The van der Waals surface area contributed by atoms with Crippen LogP contribution < -0.4 is 16.4 Å². The van der Waals surface area contributed by atoms with E-state index in [0.29, 0.717) is 11.4 Å². The number of nitrogens with two attached hydrogens (primary N) is 1. The molecule has 0 aliphatic heterocycles. The number of benzene rings is 2. The first-order valence-corrected chi connectivity index (χ1v) is 10.3. The van der Waals surface area contributed by atoms with E-state index in [1.165, 1.54) is 28.6 Å². The Morgan fingerprint density at radius 1 is 1.04 bits per heavy atom. The second kappa shape index (κ2) is 9.05. The minimum atomic E-state index is -3.82. The Morgan fingerprint density at radius 3 is 2.21 bits per heavy atom. The highest BCUT2D eigenvalue weighted by atomic mass is 35.5. The van der Waals surface area contributed by atoms with Gasteiger partial charge in [0.2, 0.25) is 10.0 Å². The Morgan fingerprint density at radius 2 is 1.64 bits per heavy atom. The van der Waals surface area contributed by atoms with E-state index >= 15 is 0 Å². The van der Waals surface area contributed by atoms with Crippen molar-refractivity contribution in [3.05, 3.63) is 53.1 Å². The van der Waals surface area contributed by atoms with Crippen molar-refractivity contribution >= 4 is 44.9 Å². The summed E-state index contributed by atoms with van der Waals surface area (Å²) in [5, 5.41) is 5.09. The van der Waals surface area contributed by atoms with E-state index in [0.717, 1.165) is 0 Å². The molecular weight excluding hydrogens is 404 g/mol. The van der Waals surface area contributed by atoms with Gasteiger partial charge in [0.25, 0.3) is 5.91 Å². The molecule has 0 atom stereocenters. The number of nitrogens with one attached hydrogen (secondary N) is 2. The summed E-state index contributed by atoms with van der Waals surface area (Å²) in [4.78, 5) is 23.4. The Hall–Kier alpha value is -2.62. The minimum Gasteiger partial charge on any atom is -0.351 e. The maximum Gasteiger partial charge on any atom is 0.316 e. The van der Waals surface area contributed by atoms with Crippen LogP contribution in [0.2, 0.25) is 5.02 Å². The van der Waals surface area contributed by atoms with Gasteiger partial charge in [-0.1, -0.05) is 31.5 Å². The third-order valence-electron chi connectivity index (χ3n) is 3.90. The Bertz CT molecular complexity index is 991. The topological polar surface area (TPSA) is 122 Å². The van der Waals surface area contributed by atoms with Crippen LogP contribution in [0.25, 0.3) is 0 Å². The molecule has 28 heavy (non-hydrogen) atoms. The van der Waals surface area contributed by atoms with Crippen molar-refractivity contribution in [3.63, 3.8) is 0 Å². The second-order valence-corrected chi connectivity index (χ2v) is 8.07. The molecule has 0 spiro atoms. The standard InChI is InChI=1S/C18H21ClN4O4S/c1-3-23(4-2)28(26,27)16-10-12(8-9-15(16)19)17(24)21-13-6-5-7-14(11-13)22-18(20)25/h5-11H,3-4H2,1-2H3,(H,21,24)(H3,20,22,25). The predicted octanol–water partition coefficient (Wildman–Crippen LogP) is 3.11. The fourth-order valence-corrected chi connectivity index (χ4v) is 4.52. The van der Waals surface area contributed by atoms with Crippen molar-refractivity contribution < 1.29 is 18.0 Å². The number of halogens is 1. The van der Waals surface area contributed by atoms with E-state index in [-0.39, 0.29) is 28.6 Å². The fraction of sp³-hybridized carbons (Fsp3) is 0.222. The number of carbonyl (C=O) groups is 2. The minimum absolute atomic E-state index is 0.0381. The average molecular weight is 425 g/mol. The van der Waals surface area contributed by atoms with Crippen molar-refractivity contribution in [2.75, 3.05) is 23.7 Å². The zero-order valence-corrected chi connectivity index (χ0v) is 17.0. The number of sulfonamides is 1. The molecule has 2 aromatic rings. The van der Waals surface area contributed by atoms with Crippen LogP contribution in [-0.4, -0.2) is 37.8 Å². The van der Waals surface area contributed by atoms with Gasteiger partial charge in [0.15, 0.2) is 0 Å². The summed E-state index contributed by atoms with van der Waals surface area (Å²) in [6, 6.07) is 9.70. The number of anilines is 2. The van der Waals surface area contributed by atoms with E-state index < -0.39 is 22.0 Å². The van der Waals surface area contributed by atoms with Crippen LogP contribution >= 0.6 is 11.6 Å². The largest absolute Gasteiger partial charge is 0.351 e. The van der Waals surface area contributed by atoms with Crippen LogP contribution in [-0.2, 0) is 10.0 Å². The van der Waals surface area contributed by atoms with E-state index in [2.05, 4.69) is 10.6 Å². The molecule has 0 aromatic heterocycles. The van der Waals surface area contributed by atoms with Crippen molar-refractivity contribution in [1.29, 1.82) is 0 Å². The predicted molar refractivity (Wildman–Crippen MR) is 109 cm³/mol. The number of rotatable bonds is 7. The van der Waals surface area contributed by atoms with Gasteiger partial charge >= 0.3 is 6.03 Å². The Kier molecular flexibility index (Phi) is 7.00. The molecule has 3 amide bonds. The number of nitrogens with zero attached hydrogens (tertiary/aromatic N) is 1. The summed E-state index contributed by atoms with van der Waals surface area (Å²) >= 11 is 6.08. The van der Waals surface area contributed by atoms with Crippen molar-refractivity contribution in [3.8, 4) is 0 Å². The lowest BCUT2D eigenvalue weighted by Gasteiger charge is -2.19. The molecule has 0 aliphatic carbocycles. The number of primary amides is 1. The third kappa shape index (κ3) is 5.00. The first-order chi connectivity index (χ1) is 13.2. The molecular formula is C18H21ClN4O4S. The molecule has 0 heterocycles. The van der Waals surface area contributed by atoms with E-state index in [4.69, 9.17) is 17.3 Å². The quantitative estimate of drug-likeness (QED) is 0.632. The highest BCUT2D eigenvalue weighted by Crippen LogP contribution is 2.26. The monoisotopic (exact) mass is 424 g/mol. The number of hydrogen-bond donors (Lipinski definition) is 3. The molecule has 8 nitrogen and oxygen atoms in total. The number of carbonyl (C=O) groups excluding carboxylic acids is 2. The SMILES string of the molecule is CCN(CC)S(=O)(=O)c1cc(C(=O)Nc2cccc(NC(N)=O)c2)ccc1Cl. The van der Waals surface area contributed by atoms with Gasteiger partial charge in [-0.25, -0.2) is 13.2 Å². The van der Waals surface area contributed by atoms with Gasteiger partial charge in [-0.15, -0.1) is 0 Å². The zero-order chi connectivity index (χ0) is 20.9. The highest BCUT2D eigenvalue weighted by molar-refractivity contribution is 7.89. The molecule has 10 heteroatoms. The van der Waals surface area contributed by atoms with Gasteiger partial charge in [0.1, 0.15) is 4.90 Å². The molecule has 0 unspecified atom stereocenters. The summed E-state index contributed by atoms with van der Waals surface area (Å²) in [6.45, 7) is 4.01.